The second kappa shape index (κ2) is 7.36. The summed E-state index contributed by atoms with van der Waals surface area (Å²) in [5, 5.41) is 7.20. The predicted octanol–water partition coefficient (Wildman–Crippen LogP) is 4.32. The zero-order valence-corrected chi connectivity index (χ0v) is 15.6. The monoisotopic (exact) mass is 382 g/mol. The Balaban J connectivity index is 1.59. The Morgan fingerprint density at radius 1 is 1.26 bits per heavy atom. The molecule has 7 heteroatoms. The minimum absolute atomic E-state index is 0.164. The minimum atomic E-state index is -0.411. The van der Waals surface area contributed by atoms with Crippen molar-refractivity contribution < 1.29 is 18.8 Å². The highest BCUT2D eigenvalue weighted by molar-refractivity contribution is 7.17. The van der Waals surface area contributed by atoms with Crippen LogP contribution in [0.2, 0.25) is 0 Å². The molecule has 3 aromatic rings. The molecule has 27 heavy (non-hydrogen) atoms. The quantitative estimate of drug-likeness (QED) is 0.665. The van der Waals surface area contributed by atoms with Gasteiger partial charge in [0.05, 0.1) is 12.2 Å². The molecule has 2 aromatic heterocycles. The molecule has 0 saturated heterocycles. The number of nitrogens with zero attached hydrogens (tertiary/aromatic N) is 1. The van der Waals surface area contributed by atoms with Gasteiger partial charge in [0.15, 0.2) is 11.5 Å². The smallest absolute Gasteiger partial charge is 0.341 e. The number of anilines is 1. The summed E-state index contributed by atoms with van der Waals surface area (Å²) in [5.41, 5.74) is 2.48. The van der Waals surface area contributed by atoms with Crippen molar-refractivity contribution in [1.82, 2.24) is 5.16 Å². The number of carbonyl (C=O) groups is 2. The number of hydrogen-bond donors (Lipinski definition) is 1. The third-order valence-corrected chi connectivity index (χ3v) is 5.64. The number of hydrogen-bond acceptors (Lipinski definition) is 6. The Labute approximate surface area is 160 Å². The van der Waals surface area contributed by atoms with E-state index in [2.05, 4.69) is 10.5 Å². The van der Waals surface area contributed by atoms with Crippen LogP contribution in [0.1, 0.15) is 44.6 Å². The number of thiophene rings is 1. The summed E-state index contributed by atoms with van der Waals surface area (Å²) < 4.78 is 10.5. The van der Waals surface area contributed by atoms with Gasteiger partial charge in [0.1, 0.15) is 5.00 Å². The van der Waals surface area contributed by atoms with Crippen molar-refractivity contribution in [3.05, 3.63) is 58.1 Å². The van der Waals surface area contributed by atoms with Crippen molar-refractivity contribution in [3.8, 4) is 11.3 Å². The molecule has 138 valence electrons. The molecule has 0 radical (unpaired) electrons. The average molecular weight is 382 g/mol. The van der Waals surface area contributed by atoms with E-state index in [1.165, 1.54) is 11.3 Å². The second-order valence-corrected chi connectivity index (χ2v) is 7.28. The fourth-order valence-electron chi connectivity index (χ4n) is 3.20. The first-order chi connectivity index (χ1) is 13.2. The fraction of sp³-hybridized carbons (Fsp3) is 0.250. The summed E-state index contributed by atoms with van der Waals surface area (Å²) >= 11 is 1.44. The molecule has 1 aliphatic rings. The number of aryl methyl sites for hydroxylation is 1. The summed E-state index contributed by atoms with van der Waals surface area (Å²) in [6.45, 7) is 2.06. The molecule has 0 bridgehead atoms. The van der Waals surface area contributed by atoms with Gasteiger partial charge in [-0.05, 0) is 31.7 Å². The van der Waals surface area contributed by atoms with Crippen molar-refractivity contribution in [3.63, 3.8) is 0 Å². The summed E-state index contributed by atoms with van der Waals surface area (Å²) in [4.78, 5) is 26.2. The van der Waals surface area contributed by atoms with Gasteiger partial charge < -0.3 is 14.6 Å². The molecule has 6 nitrogen and oxygen atoms in total. The van der Waals surface area contributed by atoms with E-state index in [0.29, 0.717) is 22.9 Å². The Kier molecular flexibility index (Phi) is 4.77. The molecule has 0 aliphatic heterocycles. The van der Waals surface area contributed by atoms with Gasteiger partial charge in [0.2, 0.25) is 0 Å². The number of rotatable bonds is 5. The van der Waals surface area contributed by atoms with Crippen molar-refractivity contribution in [2.75, 3.05) is 11.9 Å². The van der Waals surface area contributed by atoms with Crippen LogP contribution in [-0.4, -0.2) is 23.6 Å². The maximum Gasteiger partial charge on any atom is 0.341 e. The third kappa shape index (κ3) is 3.38. The fourth-order valence-corrected chi connectivity index (χ4v) is 4.47. The number of fused-ring (bicyclic) bond motifs is 1. The molecule has 0 fully saturated rings. The van der Waals surface area contributed by atoms with Gasteiger partial charge in [-0.25, -0.2) is 4.79 Å². The van der Waals surface area contributed by atoms with E-state index in [-0.39, 0.29) is 5.69 Å². The first kappa shape index (κ1) is 17.5. The Morgan fingerprint density at radius 2 is 2.07 bits per heavy atom. The molecule has 1 amide bonds. The van der Waals surface area contributed by atoms with E-state index in [4.69, 9.17) is 9.26 Å². The van der Waals surface area contributed by atoms with Gasteiger partial charge in [0, 0.05) is 16.5 Å². The molecule has 0 saturated carbocycles. The standard InChI is InChI=1S/C20H18N2O4S/c1-2-25-20(24)17-13-9-6-10-16(13)27-19(17)21-18(23)14-11-15(26-22-14)12-7-4-3-5-8-12/h3-5,7-8,11H,2,6,9-10H2,1H3,(H,21,23). The van der Waals surface area contributed by atoms with Gasteiger partial charge in [0.25, 0.3) is 5.91 Å². The summed E-state index contributed by atoms with van der Waals surface area (Å²) in [6.07, 6.45) is 2.77. The summed E-state index contributed by atoms with van der Waals surface area (Å²) in [5.74, 6) is -0.288. The zero-order chi connectivity index (χ0) is 18.8. The number of benzene rings is 1. The van der Waals surface area contributed by atoms with Crippen molar-refractivity contribution in [2.45, 2.75) is 26.2 Å². The first-order valence-corrected chi connectivity index (χ1v) is 9.64. The number of nitrogens with one attached hydrogen (secondary N) is 1. The Bertz CT molecular complexity index is 991. The molecule has 2 heterocycles. The summed E-state index contributed by atoms with van der Waals surface area (Å²) in [6, 6.07) is 11.0. The van der Waals surface area contributed by atoms with Gasteiger partial charge in [-0.15, -0.1) is 11.3 Å². The van der Waals surface area contributed by atoms with Gasteiger partial charge in [-0.3, -0.25) is 4.79 Å². The SMILES string of the molecule is CCOC(=O)c1c(NC(=O)c2cc(-c3ccccc3)on2)sc2c1CCC2. The summed E-state index contributed by atoms with van der Waals surface area (Å²) in [7, 11) is 0. The number of carbonyl (C=O) groups excluding carboxylic acids is 2. The number of aromatic nitrogens is 1. The van der Waals surface area contributed by atoms with E-state index in [0.717, 1.165) is 35.3 Å². The lowest BCUT2D eigenvalue weighted by Gasteiger charge is -2.06. The lowest BCUT2D eigenvalue weighted by molar-refractivity contribution is 0.0527. The van der Waals surface area contributed by atoms with Crippen LogP contribution in [0.15, 0.2) is 40.9 Å². The zero-order valence-electron chi connectivity index (χ0n) is 14.8. The van der Waals surface area contributed by atoms with Crippen LogP contribution in [-0.2, 0) is 17.6 Å². The molecule has 0 unspecified atom stereocenters. The van der Waals surface area contributed by atoms with E-state index >= 15 is 0 Å². The predicted molar refractivity (Wildman–Crippen MR) is 102 cm³/mol. The van der Waals surface area contributed by atoms with Crippen LogP contribution in [0.3, 0.4) is 0 Å². The lowest BCUT2D eigenvalue weighted by atomic mass is 10.1. The average Bonchev–Trinajstić information content (AvgIpc) is 3.38. The molecule has 4 rings (SSSR count). The highest BCUT2D eigenvalue weighted by atomic mass is 32.1. The highest BCUT2D eigenvalue weighted by Gasteiger charge is 2.29. The first-order valence-electron chi connectivity index (χ1n) is 8.82. The highest BCUT2D eigenvalue weighted by Crippen LogP contribution is 2.39. The van der Waals surface area contributed by atoms with Crippen LogP contribution >= 0.6 is 11.3 Å². The molecular weight excluding hydrogens is 364 g/mol. The maximum absolute atomic E-state index is 12.6. The molecule has 0 spiro atoms. The minimum Gasteiger partial charge on any atom is -0.462 e. The van der Waals surface area contributed by atoms with Gasteiger partial charge >= 0.3 is 5.97 Å². The largest absolute Gasteiger partial charge is 0.462 e. The lowest BCUT2D eigenvalue weighted by Crippen LogP contribution is -2.15. The van der Waals surface area contributed by atoms with Crippen LogP contribution in [0.25, 0.3) is 11.3 Å². The Hall–Kier alpha value is -2.93. The topological polar surface area (TPSA) is 81.4 Å². The van der Waals surface area contributed by atoms with Crippen molar-refractivity contribution >= 4 is 28.2 Å². The number of ether oxygens (including phenoxy) is 1. The van der Waals surface area contributed by atoms with Gasteiger partial charge in [-0.1, -0.05) is 35.5 Å². The normalized spacial score (nSPS) is 12.6. The van der Waals surface area contributed by atoms with Crippen LogP contribution in [0, 0.1) is 0 Å². The van der Waals surface area contributed by atoms with E-state index in [1.807, 2.05) is 30.3 Å². The Morgan fingerprint density at radius 3 is 2.85 bits per heavy atom. The second-order valence-electron chi connectivity index (χ2n) is 6.18. The molecule has 1 N–H and O–H groups in total. The van der Waals surface area contributed by atoms with Crippen LogP contribution < -0.4 is 5.32 Å². The van der Waals surface area contributed by atoms with Gasteiger partial charge in [-0.2, -0.15) is 0 Å². The van der Waals surface area contributed by atoms with E-state index in [1.54, 1.807) is 13.0 Å². The maximum atomic E-state index is 12.6. The molecule has 0 atom stereocenters. The van der Waals surface area contributed by atoms with Crippen LogP contribution in [0.5, 0.6) is 0 Å². The number of esters is 1. The molecular formula is C20H18N2O4S. The molecule has 1 aromatic carbocycles. The van der Waals surface area contributed by atoms with E-state index in [9.17, 15) is 9.59 Å². The third-order valence-electron chi connectivity index (χ3n) is 4.43. The van der Waals surface area contributed by atoms with Crippen molar-refractivity contribution in [2.24, 2.45) is 0 Å². The van der Waals surface area contributed by atoms with Crippen LogP contribution in [0.4, 0.5) is 5.00 Å². The number of amides is 1. The van der Waals surface area contributed by atoms with E-state index < -0.39 is 11.9 Å². The molecule has 1 aliphatic carbocycles. The van der Waals surface area contributed by atoms with Crippen molar-refractivity contribution in [1.29, 1.82) is 0 Å².